The number of aliphatic hydroxyl groups excluding tert-OH is 1. The first-order chi connectivity index (χ1) is 8.56. The molecule has 1 aliphatic carbocycles. The minimum atomic E-state index is -0.687. The van der Waals surface area contributed by atoms with Gasteiger partial charge in [0.15, 0.2) is 0 Å². The molecule has 4 heteroatoms. The Hall–Kier alpha value is -0.640. The second kappa shape index (κ2) is 6.00. The molecular formula is C14H19ClFNO. The van der Waals surface area contributed by atoms with Crippen LogP contribution < -0.4 is 5.32 Å². The number of halogens is 2. The molecule has 0 aromatic heterocycles. The zero-order chi connectivity index (χ0) is 13.1. The third kappa shape index (κ3) is 3.44. The highest BCUT2D eigenvalue weighted by Crippen LogP contribution is 2.25. The second-order valence-corrected chi connectivity index (χ2v) is 5.62. The quantitative estimate of drug-likeness (QED) is 0.881. The molecule has 1 aliphatic rings. The Morgan fingerprint density at radius 2 is 2.28 bits per heavy atom. The molecule has 0 saturated heterocycles. The number of nitrogens with one attached hydrogen (secondary N) is 1. The second-order valence-electron chi connectivity index (χ2n) is 5.21. The fourth-order valence-corrected chi connectivity index (χ4v) is 2.63. The molecular weight excluding hydrogens is 253 g/mol. The van der Waals surface area contributed by atoms with Gasteiger partial charge >= 0.3 is 0 Å². The van der Waals surface area contributed by atoms with E-state index in [9.17, 15) is 9.50 Å². The average Bonchev–Trinajstić information content (AvgIpc) is 2.75. The zero-order valence-corrected chi connectivity index (χ0v) is 11.3. The van der Waals surface area contributed by atoms with Gasteiger partial charge in [-0.1, -0.05) is 24.6 Å². The third-order valence-corrected chi connectivity index (χ3v) is 3.93. The lowest BCUT2D eigenvalue weighted by atomic mass is 10.1. The minimum Gasteiger partial charge on any atom is -0.387 e. The highest BCUT2D eigenvalue weighted by atomic mass is 35.5. The molecule has 2 nitrogen and oxygen atoms in total. The van der Waals surface area contributed by atoms with Crippen LogP contribution in [0, 0.1) is 11.7 Å². The summed E-state index contributed by atoms with van der Waals surface area (Å²) in [5, 5.41) is 13.4. The van der Waals surface area contributed by atoms with Crippen molar-refractivity contribution in [2.75, 3.05) is 6.54 Å². The molecule has 100 valence electrons. The first-order valence-corrected chi connectivity index (χ1v) is 6.80. The Morgan fingerprint density at radius 3 is 2.89 bits per heavy atom. The fraction of sp³-hybridized carbons (Fsp3) is 0.571. The van der Waals surface area contributed by atoms with E-state index in [0.717, 1.165) is 18.8 Å². The van der Waals surface area contributed by atoms with Crippen LogP contribution in [0.3, 0.4) is 0 Å². The molecule has 0 amide bonds. The van der Waals surface area contributed by atoms with Crippen LogP contribution in [0.4, 0.5) is 4.39 Å². The molecule has 2 rings (SSSR count). The molecule has 0 heterocycles. The lowest BCUT2D eigenvalue weighted by molar-refractivity contribution is 0.169. The molecule has 1 aromatic carbocycles. The topological polar surface area (TPSA) is 32.3 Å². The van der Waals surface area contributed by atoms with Gasteiger partial charge in [-0.3, -0.25) is 0 Å². The summed E-state index contributed by atoms with van der Waals surface area (Å²) >= 11 is 5.61. The van der Waals surface area contributed by atoms with Crippen molar-refractivity contribution in [1.82, 2.24) is 5.32 Å². The van der Waals surface area contributed by atoms with Gasteiger partial charge in [0.1, 0.15) is 5.82 Å². The molecule has 18 heavy (non-hydrogen) atoms. The summed E-state index contributed by atoms with van der Waals surface area (Å²) < 4.78 is 13.3. The van der Waals surface area contributed by atoms with Crippen molar-refractivity contribution < 1.29 is 9.50 Å². The smallest absolute Gasteiger partial charge is 0.142 e. The van der Waals surface area contributed by atoms with E-state index in [1.54, 1.807) is 6.07 Å². The summed E-state index contributed by atoms with van der Waals surface area (Å²) in [6.07, 6.45) is 2.86. The van der Waals surface area contributed by atoms with Crippen LogP contribution in [0.15, 0.2) is 18.2 Å². The average molecular weight is 272 g/mol. The van der Waals surface area contributed by atoms with Crippen LogP contribution in [0.2, 0.25) is 5.02 Å². The number of aliphatic hydroxyl groups is 1. The molecule has 2 N–H and O–H groups in total. The van der Waals surface area contributed by atoms with Crippen LogP contribution in [-0.4, -0.2) is 17.7 Å². The van der Waals surface area contributed by atoms with Gasteiger partial charge in [0.05, 0.1) is 11.1 Å². The Kier molecular flexibility index (Phi) is 4.60. The van der Waals surface area contributed by atoms with Crippen molar-refractivity contribution in [2.45, 2.75) is 38.3 Å². The summed E-state index contributed by atoms with van der Waals surface area (Å²) in [4.78, 5) is 0. The van der Waals surface area contributed by atoms with E-state index < -0.39 is 11.9 Å². The van der Waals surface area contributed by atoms with E-state index >= 15 is 0 Å². The molecule has 3 atom stereocenters. The van der Waals surface area contributed by atoms with Crippen LogP contribution in [-0.2, 0) is 0 Å². The number of hydrogen-bond donors (Lipinski definition) is 2. The molecule has 0 spiro atoms. The van der Waals surface area contributed by atoms with E-state index in [4.69, 9.17) is 11.6 Å². The van der Waals surface area contributed by atoms with Gasteiger partial charge in [-0.25, -0.2) is 4.39 Å². The van der Waals surface area contributed by atoms with Crippen molar-refractivity contribution in [2.24, 2.45) is 5.92 Å². The minimum absolute atomic E-state index is 0.0866. The maximum Gasteiger partial charge on any atom is 0.142 e. The first kappa shape index (κ1) is 13.8. The Balaban J connectivity index is 1.87. The van der Waals surface area contributed by atoms with Gasteiger partial charge < -0.3 is 10.4 Å². The van der Waals surface area contributed by atoms with E-state index in [-0.39, 0.29) is 5.02 Å². The highest BCUT2D eigenvalue weighted by molar-refractivity contribution is 6.30. The summed E-state index contributed by atoms with van der Waals surface area (Å²) in [6.45, 7) is 2.70. The Bertz CT molecular complexity index is 413. The van der Waals surface area contributed by atoms with Gasteiger partial charge in [0.2, 0.25) is 0 Å². The predicted molar refractivity (Wildman–Crippen MR) is 71.2 cm³/mol. The molecule has 0 aliphatic heterocycles. The normalized spacial score (nSPS) is 25.3. The van der Waals surface area contributed by atoms with Crippen molar-refractivity contribution in [3.8, 4) is 0 Å². The molecule has 1 aromatic rings. The summed E-state index contributed by atoms with van der Waals surface area (Å²) in [5.74, 6) is 0.273. The SMILES string of the molecule is CC1CCC(NCC(O)c2ccc(Cl)c(F)c2)C1. The largest absolute Gasteiger partial charge is 0.387 e. The van der Waals surface area contributed by atoms with Gasteiger partial charge in [0, 0.05) is 12.6 Å². The van der Waals surface area contributed by atoms with E-state index in [1.165, 1.54) is 18.6 Å². The van der Waals surface area contributed by atoms with Crippen molar-refractivity contribution >= 4 is 11.6 Å². The van der Waals surface area contributed by atoms with Crippen LogP contribution >= 0.6 is 11.6 Å². The highest BCUT2D eigenvalue weighted by Gasteiger charge is 2.21. The number of hydrogen-bond acceptors (Lipinski definition) is 2. The van der Waals surface area contributed by atoms with Gasteiger partial charge in [0.25, 0.3) is 0 Å². The third-order valence-electron chi connectivity index (χ3n) is 3.62. The van der Waals surface area contributed by atoms with E-state index in [2.05, 4.69) is 12.2 Å². The molecule has 1 saturated carbocycles. The number of rotatable bonds is 4. The number of benzene rings is 1. The molecule has 1 fully saturated rings. The molecule has 3 unspecified atom stereocenters. The zero-order valence-electron chi connectivity index (χ0n) is 10.5. The standard InChI is InChI=1S/C14H19ClFNO/c1-9-2-4-11(6-9)17-8-14(18)10-3-5-12(15)13(16)7-10/h3,5,7,9,11,14,17-18H,2,4,6,8H2,1H3. The summed E-state index contributed by atoms with van der Waals surface area (Å²) in [5.41, 5.74) is 0.565. The maximum absolute atomic E-state index is 13.3. The lowest BCUT2D eigenvalue weighted by Gasteiger charge is -2.17. The van der Waals surface area contributed by atoms with Gasteiger partial charge in [-0.15, -0.1) is 0 Å². The van der Waals surface area contributed by atoms with E-state index in [1.807, 2.05) is 0 Å². The predicted octanol–water partition coefficient (Wildman–Crippen LogP) is 3.29. The van der Waals surface area contributed by atoms with Crippen LogP contribution in [0.5, 0.6) is 0 Å². The van der Waals surface area contributed by atoms with E-state index in [0.29, 0.717) is 18.2 Å². The molecule has 0 radical (unpaired) electrons. The monoisotopic (exact) mass is 271 g/mol. The Morgan fingerprint density at radius 1 is 1.50 bits per heavy atom. The molecule has 0 bridgehead atoms. The van der Waals surface area contributed by atoms with Crippen LogP contribution in [0.25, 0.3) is 0 Å². The van der Waals surface area contributed by atoms with Crippen molar-refractivity contribution in [1.29, 1.82) is 0 Å². The van der Waals surface area contributed by atoms with Gasteiger partial charge in [-0.05, 0) is 42.9 Å². The van der Waals surface area contributed by atoms with Crippen molar-refractivity contribution in [3.05, 3.63) is 34.6 Å². The van der Waals surface area contributed by atoms with Crippen molar-refractivity contribution in [3.63, 3.8) is 0 Å². The fourth-order valence-electron chi connectivity index (χ4n) is 2.51. The van der Waals surface area contributed by atoms with Crippen LogP contribution in [0.1, 0.15) is 37.9 Å². The Labute approximate surface area is 112 Å². The lowest BCUT2D eigenvalue weighted by Crippen LogP contribution is -2.30. The maximum atomic E-state index is 13.3. The summed E-state index contributed by atoms with van der Waals surface area (Å²) in [6, 6.07) is 4.92. The first-order valence-electron chi connectivity index (χ1n) is 6.42. The summed E-state index contributed by atoms with van der Waals surface area (Å²) in [7, 11) is 0. The van der Waals surface area contributed by atoms with Gasteiger partial charge in [-0.2, -0.15) is 0 Å².